The van der Waals surface area contributed by atoms with E-state index in [1.165, 1.54) is 0 Å². The molecule has 2 atom stereocenters. The van der Waals surface area contributed by atoms with Crippen molar-refractivity contribution in [2.75, 3.05) is 13.3 Å². The Morgan fingerprint density at radius 3 is 3.10 bits per heavy atom. The number of carbonyl (C=O) groups is 1. The molecular weight excluding hydrogens is 256 g/mol. The Labute approximate surface area is 118 Å². The molecule has 1 saturated heterocycles. The van der Waals surface area contributed by atoms with Crippen LogP contribution in [0.5, 0.6) is 11.5 Å². The Balaban J connectivity index is 1.55. The highest BCUT2D eigenvalue weighted by atomic mass is 16.7. The quantitative estimate of drug-likeness (QED) is 0.868. The Bertz CT molecular complexity index is 498. The second-order valence-corrected chi connectivity index (χ2v) is 5.45. The zero-order chi connectivity index (χ0) is 13.9. The summed E-state index contributed by atoms with van der Waals surface area (Å²) in [6.07, 6.45) is 2.80. The summed E-state index contributed by atoms with van der Waals surface area (Å²) in [5.41, 5.74) is 1.14. The number of ether oxygens (including phenoxy) is 2. The number of benzene rings is 1. The molecule has 2 N–H and O–H groups in total. The fourth-order valence-electron chi connectivity index (χ4n) is 2.72. The van der Waals surface area contributed by atoms with E-state index in [4.69, 9.17) is 9.47 Å². The molecule has 1 aromatic rings. The van der Waals surface area contributed by atoms with Crippen LogP contribution in [-0.4, -0.2) is 31.3 Å². The lowest BCUT2D eigenvalue weighted by Crippen LogP contribution is -2.44. The summed E-state index contributed by atoms with van der Waals surface area (Å²) in [5, 5.41) is 6.28. The van der Waals surface area contributed by atoms with Crippen molar-refractivity contribution in [1.29, 1.82) is 0 Å². The highest BCUT2D eigenvalue weighted by Crippen LogP contribution is 2.32. The topological polar surface area (TPSA) is 59.6 Å². The molecule has 1 amide bonds. The van der Waals surface area contributed by atoms with Crippen LogP contribution in [0.4, 0.5) is 0 Å². The molecule has 0 spiro atoms. The van der Waals surface area contributed by atoms with Crippen LogP contribution in [-0.2, 0) is 11.2 Å². The monoisotopic (exact) mass is 276 g/mol. The summed E-state index contributed by atoms with van der Waals surface area (Å²) in [5.74, 6) is 1.69. The standard InChI is InChI=1S/C15H20N2O3/c1-10(17-15(18)12-3-2-6-16-12)7-11-4-5-13-14(8-11)20-9-19-13/h4-5,8,10,12,16H,2-3,6-7,9H2,1H3,(H,17,18). The number of carbonyl (C=O) groups excluding carboxylic acids is 1. The van der Waals surface area contributed by atoms with Crippen LogP contribution < -0.4 is 20.1 Å². The van der Waals surface area contributed by atoms with E-state index in [2.05, 4.69) is 10.6 Å². The SMILES string of the molecule is CC(Cc1ccc2c(c1)OCO2)NC(=O)C1CCCN1. The first-order chi connectivity index (χ1) is 9.72. The van der Waals surface area contributed by atoms with Gasteiger partial charge in [-0.05, 0) is 50.4 Å². The van der Waals surface area contributed by atoms with Crippen molar-refractivity contribution >= 4 is 5.91 Å². The third-order valence-corrected chi connectivity index (χ3v) is 3.74. The molecule has 0 aromatic heterocycles. The Hall–Kier alpha value is -1.75. The van der Waals surface area contributed by atoms with Gasteiger partial charge < -0.3 is 20.1 Å². The molecule has 20 heavy (non-hydrogen) atoms. The molecule has 5 heteroatoms. The highest BCUT2D eigenvalue weighted by Gasteiger charge is 2.23. The summed E-state index contributed by atoms with van der Waals surface area (Å²) in [7, 11) is 0. The molecule has 1 fully saturated rings. The molecule has 0 bridgehead atoms. The minimum atomic E-state index is -0.0193. The van der Waals surface area contributed by atoms with Gasteiger partial charge in [-0.2, -0.15) is 0 Å². The number of fused-ring (bicyclic) bond motifs is 1. The zero-order valence-electron chi connectivity index (χ0n) is 11.6. The van der Waals surface area contributed by atoms with E-state index >= 15 is 0 Å². The number of rotatable bonds is 4. The van der Waals surface area contributed by atoms with Gasteiger partial charge in [0.1, 0.15) is 0 Å². The summed E-state index contributed by atoms with van der Waals surface area (Å²) in [4.78, 5) is 12.0. The van der Waals surface area contributed by atoms with Crippen LogP contribution in [0, 0.1) is 0 Å². The van der Waals surface area contributed by atoms with Crippen molar-refractivity contribution in [2.24, 2.45) is 0 Å². The maximum atomic E-state index is 12.0. The first-order valence-electron chi connectivity index (χ1n) is 7.14. The van der Waals surface area contributed by atoms with Crippen LogP contribution in [0.3, 0.4) is 0 Å². The van der Waals surface area contributed by atoms with Gasteiger partial charge in [0, 0.05) is 6.04 Å². The number of hydrogen-bond donors (Lipinski definition) is 2. The molecule has 2 heterocycles. The van der Waals surface area contributed by atoms with Crippen molar-refractivity contribution < 1.29 is 14.3 Å². The summed E-state index contributed by atoms with van der Waals surface area (Å²) in [6.45, 7) is 3.25. The largest absolute Gasteiger partial charge is 0.454 e. The fraction of sp³-hybridized carbons (Fsp3) is 0.533. The second kappa shape index (κ2) is 5.71. The summed E-state index contributed by atoms with van der Waals surface area (Å²) < 4.78 is 10.7. The lowest BCUT2D eigenvalue weighted by atomic mass is 10.1. The van der Waals surface area contributed by atoms with E-state index in [0.29, 0.717) is 6.79 Å². The average Bonchev–Trinajstić information content (AvgIpc) is 3.09. The minimum Gasteiger partial charge on any atom is -0.454 e. The Morgan fingerprint density at radius 1 is 1.45 bits per heavy atom. The van der Waals surface area contributed by atoms with Crippen LogP contribution >= 0.6 is 0 Å². The summed E-state index contributed by atoms with van der Waals surface area (Å²) in [6, 6.07) is 6.01. The molecular formula is C15H20N2O3. The zero-order valence-corrected chi connectivity index (χ0v) is 11.6. The molecule has 0 aliphatic carbocycles. The Kier molecular flexibility index (Phi) is 3.78. The van der Waals surface area contributed by atoms with Crippen LogP contribution in [0.25, 0.3) is 0 Å². The van der Waals surface area contributed by atoms with Crippen LogP contribution in [0.2, 0.25) is 0 Å². The molecule has 5 nitrogen and oxygen atoms in total. The lowest BCUT2D eigenvalue weighted by Gasteiger charge is -2.17. The first kappa shape index (κ1) is 13.2. The van der Waals surface area contributed by atoms with Crippen molar-refractivity contribution in [3.63, 3.8) is 0 Å². The molecule has 0 saturated carbocycles. The first-order valence-corrected chi connectivity index (χ1v) is 7.14. The predicted octanol–water partition coefficient (Wildman–Crippen LogP) is 1.21. The maximum absolute atomic E-state index is 12.0. The number of hydrogen-bond acceptors (Lipinski definition) is 4. The van der Waals surface area contributed by atoms with Crippen molar-refractivity contribution in [3.8, 4) is 11.5 Å². The molecule has 108 valence electrons. The van der Waals surface area contributed by atoms with E-state index in [1.807, 2.05) is 25.1 Å². The molecule has 2 aliphatic rings. The van der Waals surface area contributed by atoms with Gasteiger partial charge >= 0.3 is 0 Å². The third-order valence-electron chi connectivity index (χ3n) is 3.74. The van der Waals surface area contributed by atoms with Gasteiger partial charge in [0.05, 0.1) is 6.04 Å². The number of nitrogens with one attached hydrogen (secondary N) is 2. The van der Waals surface area contributed by atoms with E-state index in [9.17, 15) is 4.79 Å². The molecule has 2 aliphatic heterocycles. The van der Waals surface area contributed by atoms with Crippen molar-refractivity contribution in [3.05, 3.63) is 23.8 Å². The van der Waals surface area contributed by atoms with Gasteiger partial charge in [0.25, 0.3) is 0 Å². The molecule has 1 aromatic carbocycles. The number of amides is 1. The van der Waals surface area contributed by atoms with Gasteiger partial charge in [-0.1, -0.05) is 6.07 Å². The minimum absolute atomic E-state index is 0.0193. The normalized spacial score (nSPS) is 21.8. The van der Waals surface area contributed by atoms with E-state index in [0.717, 1.165) is 42.9 Å². The van der Waals surface area contributed by atoms with Crippen LogP contribution in [0.1, 0.15) is 25.3 Å². The van der Waals surface area contributed by atoms with Gasteiger partial charge in [-0.3, -0.25) is 4.79 Å². The smallest absolute Gasteiger partial charge is 0.237 e. The lowest BCUT2D eigenvalue weighted by molar-refractivity contribution is -0.123. The fourth-order valence-corrected chi connectivity index (χ4v) is 2.72. The van der Waals surface area contributed by atoms with Gasteiger partial charge in [0.2, 0.25) is 12.7 Å². The van der Waals surface area contributed by atoms with E-state index in [1.54, 1.807) is 0 Å². The van der Waals surface area contributed by atoms with Gasteiger partial charge in [-0.15, -0.1) is 0 Å². The average molecular weight is 276 g/mol. The molecule has 0 radical (unpaired) electrons. The summed E-state index contributed by atoms with van der Waals surface area (Å²) >= 11 is 0. The van der Waals surface area contributed by atoms with Gasteiger partial charge in [-0.25, -0.2) is 0 Å². The van der Waals surface area contributed by atoms with Gasteiger partial charge in [0.15, 0.2) is 11.5 Å². The molecule has 2 unspecified atom stereocenters. The third kappa shape index (κ3) is 2.88. The predicted molar refractivity (Wildman–Crippen MR) is 74.9 cm³/mol. The van der Waals surface area contributed by atoms with E-state index in [-0.39, 0.29) is 18.0 Å². The molecule has 3 rings (SSSR count). The maximum Gasteiger partial charge on any atom is 0.237 e. The van der Waals surface area contributed by atoms with Crippen molar-refractivity contribution in [2.45, 2.75) is 38.3 Å². The van der Waals surface area contributed by atoms with Crippen LogP contribution in [0.15, 0.2) is 18.2 Å². The van der Waals surface area contributed by atoms with E-state index < -0.39 is 0 Å². The second-order valence-electron chi connectivity index (χ2n) is 5.45. The van der Waals surface area contributed by atoms with Crippen molar-refractivity contribution in [1.82, 2.24) is 10.6 Å². The highest BCUT2D eigenvalue weighted by molar-refractivity contribution is 5.82. The Morgan fingerprint density at radius 2 is 2.30 bits per heavy atom.